The van der Waals surface area contributed by atoms with Crippen LogP contribution in [0.1, 0.15) is 31.4 Å². The molecular formula is C14H19NO2S. The van der Waals surface area contributed by atoms with Gasteiger partial charge >= 0.3 is 0 Å². The van der Waals surface area contributed by atoms with E-state index in [1.165, 1.54) is 0 Å². The number of rotatable bonds is 4. The highest BCUT2D eigenvalue weighted by Crippen LogP contribution is 2.24. The second-order valence-corrected chi connectivity index (χ2v) is 7.41. The summed E-state index contributed by atoms with van der Waals surface area (Å²) in [5.41, 5.74) is 1.21. The Hall–Kier alpha value is -1.34. The summed E-state index contributed by atoms with van der Waals surface area (Å²) in [5.74, 6) is 0.0114. The first-order valence-corrected chi connectivity index (χ1v) is 7.54. The van der Waals surface area contributed by atoms with E-state index in [9.17, 15) is 8.42 Å². The van der Waals surface area contributed by atoms with Gasteiger partial charge in [-0.25, -0.2) is 8.42 Å². The topological polar surface area (TPSA) is 57.9 Å². The summed E-state index contributed by atoms with van der Waals surface area (Å²) < 4.78 is 24.4. The summed E-state index contributed by atoms with van der Waals surface area (Å²) in [5, 5.41) is 8.91. The van der Waals surface area contributed by atoms with Crippen LogP contribution in [0.5, 0.6) is 0 Å². The van der Waals surface area contributed by atoms with Gasteiger partial charge in [0.05, 0.1) is 22.1 Å². The molecule has 0 saturated carbocycles. The summed E-state index contributed by atoms with van der Waals surface area (Å²) >= 11 is 0. The number of benzene rings is 1. The van der Waals surface area contributed by atoms with E-state index < -0.39 is 15.3 Å². The highest BCUT2D eigenvalue weighted by Gasteiger charge is 2.23. The highest BCUT2D eigenvalue weighted by atomic mass is 32.2. The molecule has 4 heteroatoms. The van der Waals surface area contributed by atoms with Gasteiger partial charge in [-0.05, 0) is 45.7 Å². The zero-order valence-electron chi connectivity index (χ0n) is 11.3. The van der Waals surface area contributed by atoms with Crippen molar-refractivity contribution in [3.8, 4) is 6.07 Å². The molecule has 1 aromatic carbocycles. The molecule has 3 nitrogen and oxygen atoms in total. The van der Waals surface area contributed by atoms with Gasteiger partial charge in [0.1, 0.15) is 0 Å². The largest absolute Gasteiger partial charge is 0.224 e. The fourth-order valence-electron chi connectivity index (χ4n) is 1.70. The number of nitriles is 1. The Bertz CT molecular complexity index is 580. The Balaban J connectivity index is 2.98. The summed E-state index contributed by atoms with van der Waals surface area (Å²) in [4.78, 5) is 0.377. The summed E-state index contributed by atoms with van der Waals surface area (Å²) in [6, 6.07) is 7.44. The highest BCUT2D eigenvalue weighted by molar-refractivity contribution is 7.91. The van der Waals surface area contributed by atoms with E-state index in [2.05, 4.69) is 6.07 Å². The molecule has 0 unspecified atom stereocenters. The third-order valence-corrected chi connectivity index (χ3v) is 4.83. The molecule has 0 aromatic heterocycles. The van der Waals surface area contributed by atoms with E-state index in [-0.39, 0.29) is 5.75 Å². The Morgan fingerprint density at radius 2 is 1.89 bits per heavy atom. The van der Waals surface area contributed by atoms with Gasteiger partial charge in [0.15, 0.2) is 9.84 Å². The van der Waals surface area contributed by atoms with Crippen molar-refractivity contribution in [2.24, 2.45) is 5.41 Å². The average molecular weight is 265 g/mol. The van der Waals surface area contributed by atoms with Crippen LogP contribution in [0.15, 0.2) is 23.1 Å². The summed E-state index contributed by atoms with van der Waals surface area (Å²) in [6.07, 6.45) is 0.346. The SMILES string of the molecule is Cc1ccc(S(=O)(=O)CCC(C)(C)C#N)c(C)c1. The minimum absolute atomic E-state index is 0.0114. The first-order valence-electron chi connectivity index (χ1n) is 5.89. The molecule has 98 valence electrons. The Morgan fingerprint density at radius 1 is 1.28 bits per heavy atom. The van der Waals surface area contributed by atoms with Gasteiger partial charge in [0.2, 0.25) is 0 Å². The number of hydrogen-bond acceptors (Lipinski definition) is 3. The number of sulfone groups is 1. The molecule has 18 heavy (non-hydrogen) atoms. The normalized spacial score (nSPS) is 12.2. The molecule has 0 radical (unpaired) electrons. The van der Waals surface area contributed by atoms with E-state index in [1.54, 1.807) is 32.9 Å². The molecule has 0 bridgehead atoms. The molecule has 0 fully saturated rings. The second-order valence-electron chi connectivity index (χ2n) is 5.33. The van der Waals surface area contributed by atoms with Crippen molar-refractivity contribution in [3.05, 3.63) is 29.3 Å². The fraction of sp³-hybridized carbons (Fsp3) is 0.500. The zero-order valence-corrected chi connectivity index (χ0v) is 12.1. The second kappa shape index (κ2) is 5.11. The lowest BCUT2D eigenvalue weighted by atomic mass is 9.93. The molecule has 0 spiro atoms. The van der Waals surface area contributed by atoms with Gasteiger partial charge in [0.25, 0.3) is 0 Å². The minimum Gasteiger partial charge on any atom is -0.224 e. The van der Waals surface area contributed by atoms with Crippen molar-refractivity contribution in [2.45, 2.75) is 39.0 Å². The predicted octanol–water partition coefficient (Wildman–Crippen LogP) is 3.02. The molecule has 0 N–H and O–H groups in total. The quantitative estimate of drug-likeness (QED) is 0.840. The van der Waals surface area contributed by atoms with E-state index >= 15 is 0 Å². The Morgan fingerprint density at radius 3 is 2.39 bits per heavy atom. The van der Waals surface area contributed by atoms with Crippen molar-refractivity contribution in [1.82, 2.24) is 0 Å². The van der Waals surface area contributed by atoms with Crippen LogP contribution in [-0.4, -0.2) is 14.2 Å². The zero-order chi connectivity index (χ0) is 14.0. The maximum Gasteiger partial charge on any atom is 0.178 e. The van der Waals surface area contributed by atoms with Gasteiger partial charge < -0.3 is 0 Å². The third kappa shape index (κ3) is 3.58. The Kier molecular flexibility index (Phi) is 4.18. The maximum absolute atomic E-state index is 12.2. The molecule has 0 heterocycles. The van der Waals surface area contributed by atoms with Crippen LogP contribution >= 0.6 is 0 Å². The summed E-state index contributed by atoms with van der Waals surface area (Å²) in [7, 11) is -3.30. The van der Waals surface area contributed by atoms with Crippen molar-refractivity contribution < 1.29 is 8.42 Å². The van der Waals surface area contributed by atoms with E-state index in [0.717, 1.165) is 11.1 Å². The first kappa shape index (κ1) is 14.7. The number of hydrogen-bond donors (Lipinski definition) is 0. The molecule has 0 aliphatic heterocycles. The lowest BCUT2D eigenvalue weighted by Gasteiger charge is -2.15. The van der Waals surface area contributed by atoms with Crippen LogP contribution in [0.25, 0.3) is 0 Å². The predicted molar refractivity (Wildman–Crippen MR) is 72.0 cm³/mol. The molecule has 0 amide bonds. The van der Waals surface area contributed by atoms with Gasteiger partial charge in [-0.1, -0.05) is 17.7 Å². The third-order valence-electron chi connectivity index (χ3n) is 2.96. The van der Waals surface area contributed by atoms with E-state index in [4.69, 9.17) is 5.26 Å². The smallest absolute Gasteiger partial charge is 0.178 e. The lowest BCUT2D eigenvalue weighted by molar-refractivity contribution is 0.473. The van der Waals surface area contributed by atoms with Crippen LogP contribution in [-0.2, 0) is 9.84 Å². The van der Waals surface area contributed by atoms with E-state index in [1.807, 2.05) is 13.0 Å². The molecule has 0 saturated heterocycles. The first-order chi connectivity index (χ1) is 8.18. The maximum atomic E-state index is 12.2. The van der Waals surface area contributed by atoms with Gasteiger partial charge in [-0.2, -0.15) is 5.26 Å². The van der Waals surface area contributed by atoms with Gasteiger partial charge in [0, 0.05) is 0 Å². The monoisotopic (exact) mass is 265 g/mol. The van der Waals surface area contributed by atoms with Crippen LogP contribution in [0, 0.1) is 30.6 Å². The van der Waals surface area contributed by atoms with Crippen LogP contribution in [0.4, 0.5) is 0 Å². The molecule has 0 aliphatic rings. The van der Waals surface area contributed by atoms with Crippen molar-refractivity contribution >= 4 is 9.84 Å². The van der Waals surface area contributed by atoms with Crippen molar-refractivity contribution in [3.63, 3.8) is 0 Å². The van der Waals surface area contributed by atoms with E-state index in [0.29, 0.717) is 11.3 Å². The molecule has 0 aliphatic carbocycles. The van der Waals surface area contributed by atoms with Crippen LogP contribution in [0.2, 0.25) is 0 Å². The van der Waals surface area contributed by atoms with Crippen molar-refractivity contribution in [1.29, 1.82) is 5.26 Å². The fourth-order valence-corrected chi connectivity index (χ4v) is 3.53. The van der Waals surface area contributed by atoms with Crippen LogP contribution in [0.3, 0.4) is 0 Å². The van der Waals surface area contributed by atoms with Crippen molar-refractivity contribution in [2.75, 3.05) is 5.75 Å². The molecule has 1 rings (SSSR count). The number of aryl methyl sites for hydroxylation is 2. The van der Waals surface area contributed by atoms with Crippen LogP contribution < -0.4 is 0 Å². The summed E-state index contributed by atoms with van der Waals surface area (Å²) in [6.45, 7) is 7.24. The molecule has 0 atom stereocenters. The minimum atomic E-state index is -3.30. The molecular weight excluding hydrogens is 246 g/mol. The Labute approximate surface area is 109 Å². The van der Waals surface area contributed by atoms with Gasteiger partial charge in [-0.3, -0.25) is 0 Å². The molecule has 1 aromatic rings. The average Bonchev–Trinajstić information content (AvgIpc) is 2.26. The number of nitrogens with zero attached hydrogens (tertiary/aromatic N) is 1. The lowest BCUT2D eigenvalue weighted by Crippen LogP contribution is -2.17. The van der Waals surface area contributed by atoms with Gasteiger partial charge in [-0.15, -0.1) is 0 Å². The standard InChI is InChI=1S/C14H19NO2S/c1-11-5-6-13(12(2)9-11)18(16,17)8-7-14(3,4)10-15/h5-6,9H,7-8H2,1-4H3.